The third-order valence-electron chi connectivity index (χ3n) is 17.7. The Kier molecular flexibility index (Phi) is 6.86. The van der Waals surface area contributed by atoms with E-state index < -0.39 is 16.4 Å². The van der Waals surface area contributed by atoms with Gasteiger partial charge in [0.25, 0.3) is 0 Å². The fourth-order valence-electron chi connectivity index (χ4n) is 15.9. The molecule has 8 heteroatoms. The number of hydrogen-bond donors (Lipinski definition) is 2. The summed E-state index contributed by atoms with van der Waals surface area (Å²) in [5, 5.41) is 12.7. The van der Waals surface area contributed by atoms with E-state index in [-0.39, 0.29) is 35.6 Å². The van der Waals surface area contributed by atoms with E-state index in [0.717, 1.165) is 62.9 Å². The minimum absolute atomic E-state index is 0.0814. The summed E-state index contributed by atoms with van der Waals surface area (Å²) in [4.78, 5) is 35.8. The molecule has 5 aliphatic carbocycles. The van der Waals surface area contributed by atoms with Crippen molar-refractivity contribution >= 4 is 11.9 Å². The summed E-state index contributed by atoms with van der Waals surface area (Å²) in [5.41, 5.74) is 12.7. The standard InChI is InChI=1S/C47H57N3O5/c1-24-9-10-29-20-33-25(2)17-30-11-12-35-31-19-27-21-49(23-31)26(3)18-36(51)42-45-14-13-32(39(33)41(30)50(35)22-27)40(29)46(45,44(53)54-42)37(16-24)47(45)34-8-4-6-28(7-5-15-48)38(34)43(52)55-47/h4,6,8,20,24-27,31,33,35,37,39,51H,5,7,9-19,21-23,48H2,1-3H3/b42-36+/t24-,25+,26-,27-,31+,33-,35-,37+,39-,45-,46-,47-/m1/s1. The quantitative estimate of drug-likeness (QED) is 0.308. The average molecular weight is 744 g/mol. The maximum Gasteiger partial charge on any atom is 0.339 e. The number of piperidine rings is 2. The first-order valence-corrected chi connectivity index (χ1v) is 22.0. The molecule has 1 unspecified atom stereocenters. The van der Waals surface area contributed by atoms with Crippen LogP contribution in [0.1, 0.15) is 113 Å². The summed E-state index contributed by atoms with van der Waals surface area (Å²) in [5.74, 6) is 2.50. The van der Waals surface area contributed by atoms with Crippen LogP contribution in [-0.2, 0) is 26.3 Å². The van der Waals surface area contributed by atoms with Crippen molar-refractivity contribution in [3.05, 3.63) is 80.5 Å². The van der Waals surface area contributed by atoms with Crippen molar-refractivity contribution < 1.29 is 24.2 Å². The summed E-state index contributed by atoms with van der Waals surface area (Å²) in [6, 6.07) is 6.86. The number of hydrogen-bond acceptors (Lipinski definition) is 8. The van der Waals surface area contributed by atoms with Crippen LogP contribution in [0, 0.1) is 52.3 Å². The molecule has 2 saturated carbocycles. The highest BCUT2D eigenvalue weighted by Gasteiger charge is 2.93. The van der Waals surface area contributed by atoms with E-state index in [9.17, 15) is 9.90 Å². The van der Waals surface area contributed by atoms with Crippen molar-refractivity contribution in [1.29, 1.82) is 0 Å². The largest absolute Gasteiger partial charge is 0.509 e. The number of nitrogens with two attached hydrogens (primary N) is 1. The smallest absolute Gasteiger partial charge is 0.339 e. The van der Waals surface area contributed by atoms with Gasteiger partial charge in [0.15, 0.2) is 11.4 Å². The Morgan fingerprint density at radius 1 is 1.02 bits per heavy atom. The predicted octanol–water partition coefficient (Wildman–Crippen LogP) is 7.46. The molecule has 13 atom stereocenters. The Morgan fingerprint density at radius 2 is 1.89 bits per heavy atom. The molecule has 12 bridgehead atoms. The van der Waals surface area contributed by atoms with Gasteiger partial charge in [-0.1, -0.05) is 49.3 Å². The molecule has 14 aliphatic rings. The second-order valence-corrected chi connectivity index (χ2v) is 20.1. The normalized spacial score (nSPS) is 46.9. The maximum absolute atomic E-state index is 15.6. The van der Waals surface area contributed by atoms with E-state index in [1.54, 1.807) is 11.3 Å². The van der Waals surface area contributed by atoms with Crippen molar-refractivity contribution in [3.8, 4) is 0 Å². The Labute approximate surface area is 325 Å². The number of benzene rings is 1. The molecule has 1 aromatic rings. The van der Waals surface area contributed by atoms with Gasteiger partial charge in [-0.3, -0.25) is 9.69 Å². The molecule has 0 aromatic heterocycles. The summed E-state index contributed by atoms with van der Waals surface area (Å²) in [7, 11) is 0. The van der Waals surface area contributed by atoms with Crippen molar-refractivity contribution in [2.24, 2.45) is 58.0 Å². The molecule has 9 aliphatic heterocycles. The highest BCUT2D eigenvalue weighted by Crippen LogP contribution is 2.88. The van der Waals surface area contributed by atoms with Crippen molar-refractivity contribution in [3.63, 3.8) is 0 Å². The van der Waals surface area contributed by atoms with E-state index in [2.05, 4.69) is 54.8 Å². The van der Waals surface area contributed by atoms with Crippen molar-refractivity contribution in [1.82, 2.24) is 9.80 Å². The summed E-state index contributed by atoms with van der Waals surface area (Å²) < 4.78 is 13.8. The van der Waals surface area contributed by atoms with E-state index in [0.29, 0.717) is 72.8 Å². The molecular weight excluding hydrogens is 687 g/mol. The van der Waals surface area contributed by atoms with Gasteiger partial charge in [-0.05, 0) is 130 Å². The molecule has 1 aromatic carbocycles. The number of ether oxygens (including phenoxy) is 2. The van der Waals surface area contributed by atoms with Gasteiger partial charge in [0.1, 0.15) is 11.2 Å². The first kappa shape index (κ1) is 33.7. The molecule has 3 saturated heterocycles. The molecule has 0 amide bonds. The molecule has 3 spiro atoms. The number of carbonyl (C=O) groups excluding carboxylic acids is 2. The van der Waals surface area contributed by atoms with Gasteiger partial charge >= 0.3 is 11.9 Å². The van der Waals surface area contributed by atoms with Crippen LogP contribution in [0.3, 0.4) is 0 Å². The van der Waals surface area contributed by atoms with E-state index in [1.165, 1.54) is 42.4 Å². The Hall–Kier alpha value is -3.36. The van der Waals surface area contributed by atoms with Gasteiger partial charge in [0.2, 0.25) is 0 Å². The van der Waals surface area contributed by atoms with Gasteiger partial charge < -0.3 is 25.2 Å². The number of esters is 2. The number of rotatable bonds is 3. The van der Waals surface area contributed by atoms with E-state index in [4.69, 9.17) is 15.2 Å². The monoisotopic (exact) mass is 743 g/mol. The molecule has 0 radical (unpaired) electrons. The molecular formula is C47H57N3O5. The number of aryl methyl sites for hydroxylation is 1. The van der Waals surface area contributed by atoms with Gasteiger partial charge in [-0.2, -0.15) is 0 Å². The van der Waals surface area contributed by atoms with Crippen molar-refractivity contribution in [2.75, 3.05) is 26.2 Å². The highest BCUT2D eigenvalue weighted by molar-refractivity contribution is 6.00. The average Bonchev–Trinajstić information content (AvgIpc) is 3.63. The van der Waals surface area contributed by atoms with E-state index >= 15 is 4.79 Å². The van der Waals surface area contributed by atoms with E-state index in [1.807, 2.05) is 0 Å². The fraction of sp³-hybridized carbons (Fsp3) is 0.660. The van der Waals surface area contributed by atoms with Crippen LogP contribution in [0.2, 0.25) is 0 Å². The van der Waals surface area contributed by atoms with Crippen LogP contribution in [0.4, 0.5) is 0 Å². The lowest BCUT2D eigenvalue weighted by Crippen LogP contribution is -2.77. The molecule has 3 N–H and O–H groups in total. The number of carbonyl (C=O) groups is 2. The lowest BCUT2D eigenvalue weighted by Gasteiger charge is -2.72. The summed E-state index contributed by atoms with van der Waals surface area (Å²) >= 11 is 0. The predicted molar refractivity (Wildman–Crippen MR) is 207 cm³/mol. The van der Waals surface area contributed by atoms with Crippen LogP contribution < -0.4 is 5.73 Å². The zero-order valence-electron chi connectivity index (χ0n) is 32.9. The molecule has 8 nitrogen and oxygen atoms in total. The second-order valence-electron chi connectivity index (χ2n) is 20.1. The summed E-state index contributed by atoms with van der Waals surface area (Å²) in [6.07, 6.45) is 13.6. The molecule has 55 heavy (non-hydrogen) atoms. The molecule has 9 heterocycles. The first-order valence-electron chi connectivity index (χ1n) is 22.0. The first-order chi connectivity index (χ1) is 26.6. The Morgan fingerprint density at radius 3 is 2.75 bits per heavy atom. The van der Waals surface area contributed by atoms with Gasteiger partial charge in [-0.25, -0.2) is 4.79 Å². The third-order valence-corrected chi connectivity index (χ3v) is 17.7. The number of aliphatic hydroxyl groups excluding tert-OH is 1. The lowest BCUT2D eigenvalue weighted by atomic mass is 9.28. The summed E-state index contributed by atoms with van der Waals surface area (Å²) in [6.45, 7) is 10.8. The zero-order valence-corrected chi connectivity index (χ0v) is 32.9. The highest BCUT2D eigenvalue weighted by atomic mass is 16.6. The fourth-order valence-corrected chi connectivity index (χ4v) is 15.9. The van der Waals surface area contributed by atoms with Crippen LogP contribution in [0.5, 0.6) is 0 Å². The molecule has 5 fully saturated rings. The van der Waals surface area contributed by atoms with Gasteiger partial charge in [0, 0.05) is 61.2 Å². The second kappa shape index (κ2) is 11.2. The molecule has 290 valence electrons. The third kappa shape index (κ3) is 3.80. The number of aliphatic hydroxyl groups is 1. The SMILES string of the molecule is C[C@@H]1CCC2=C[C@H]3[C@H]4C5=C2[C@]26C(=O)O/C(=C(/O)C[C@@H](C)N7C[C@H]8C[C@@H](C7)[C@H]7CCC(=C4N7C8)C[C@@H]3C)[C@@]2(CC5)[C@]2(OC(=O)c3c(CCCN)cccc32)[C@H]6C1. The van der Waals surface area contributed by atoms with Gasteiger partial charge in [-0.15, -0.1) is 0 Å². The van der Waals surface area contributed by atoms with Crippen LogP contribution in [0.25, 0.3) is 0 Å². The number of fused-ring (bicyclic) bond motifs is 3. The number of allylic oxidation sites excluding steroid dienone is 4. The maximum atomic E-state index is 15.6. The van der Waals surface area contributed by atoms with Crippen LogP contribution >= 0.6 is 0 Å². The minimum Gasteiger partial charge on any atom is -0.509 e. The zero-order chi connectivity index (χ0) is 37.3. The Balaban J connectivity index is 1.17. The van der Waals surface area contributed by atoms with Crippen LogP contribution in [0.15, 0.2) is 63.8 Å². The minimum atomic E-state index is -1.11. The molecule has 15 rings (SSSR count). The number of nitrogens with zero attached hydrogens (tertiary/aromatic N) is 2. The van der Waals surface area contributed by atoms with Gasteiger partial charge in [0.05, 0.1) is 11.0 Å². The van der Waals surface area contributed by atoms with Crippen molar-refractivity contribution in [2.45, 2.75) is 116 Å². The lowest BCUT2D eigenvalue weighted by molar-refractivity contribution is -0.279. The topological polar surface area (TPSA) is 105 Å². The Bertz CT molecular complexity index is 2100. The van der Waals surface area contributed by atoms with Crippen LogP contribution in [-0.4, -0.2) is 65.1 Å².